The molecule has 2 aromatic carbocycles. The Bertz CT molecular complexity index is 1030. The first kappa shape index (κ1) is 19.0. The summed E-state index contributed by atoms with van der Waals surface area (Å²) in [7, 11) is 0. The topological polar surface area (TPSA) is 48.5 Å². The molecule has 5 nitrogen and oxygen atoms in total. The van der Waals surface area contributed by atoms with Crippen LogP contribution in [-0.4, -0.2) is 42.1 Å². The molecule has 3 aromatic rings. The average molecular weight is 400 g/mol. The third-order valence-corrected chi connectivity index (χ3v) is 4.97. The van der Waals surface area contributed by atoms with Crippen molar-refractivity contribution in [1.29, 1.82) is 0 Å². The molecule has 0 spiro atoms. The molecule has 4 rings (SSSR count). The number of halogens is 3. The summed E-state index contributed by atoms with van der Waals surface area (Å²) in [5, 5.41) is 3.77. The van der Waals surface area contributed by atoms with E-state index < -0.39 is 11.7 Å². The van der Waals surface area contributed by atoms with Gasteiger partial charge in [0.1, 0.15) is 0 Å². The van der Waals surface area contributed by atoms with Gasteiger partial charge in [-0.1, -0.05) is 18.2 Å². The van der Waals surface area contributed by atoms with Gasteiger partial charge in [-0.15, -0.1) is 0 Å². The van der Waals surface area contributed by atoms with Crippen LogP contribution in [0.3, 0.4) is 0 Å². The van der Waals surface area contributed by atoms with E-state index in [1.807, 2.05) is 24.3 Å². The van der Waals surface area contributed by atoms with Gasteiger partial charge in [-0.05, 0) is 36.4 Å². The number of pyridine rings is 1. The molecule has 0 aliphatic carbocycles. The highest BCUT2D eigenvalue weighted by Crippen LogP contribution is 2.36. The monoisotopic (exact) mass is 400 g/mol. The normalized spacial score (nSPS) is 14.9. The number of urea groups is 1. The van der Waals surface area contributed by atoms with Crippen LogP contribution in [-0.2, 0) is 6.18 Å². The van der Waals surface area contributed by atoms with Crippen molar-refractivity contribution in [3.63, 3.8) is 0 Å². The minimum Gasteiger partial charge on any atom is -0.367 e. The van der Waals surface area contributed by atoms with Crippen LogP contribution < -0.4 is 10.2 Å². The van der Waals surface area contributed by atoms with Crippen molar-refractivity contribution < 1.29 is 18.0 Å². The lowest BCUT2D eigenvalue weighted by Crippen LogP contribution is -2.50. The summed E-state index contributed by atoms with van der Waals surface area (Å²) in [4.78, 5) is 20.1. The molecule has 1 saturated heterocycles. The second kappa shape index (κ2) is 7.62. The Morgan fingerprint density at radius 1 is 0.966 bits per heavy atom. The van der Waals surface area contributed by atoms with Crippen LogP contribution in [0.25, 0.3) is 10.9 Å². The van der Waals surface area contributed by atoms with Crippen LogP contribution in [0.4, 0.5) is 29.3 Å². The molecule has 0 atom stereocenters. The first-order valence-corrected chi connectivity index (χ1v) is 9.24. The number of anilines is 2. The van der Waals surface area contributed by atoms with Gasteiger partial charge < -0.3 is 15.1 Å². The number of nitrogens with one attached hydrogen (secondary N) is 1. The lowest BCUT2D eigenvalue weighted by molar-refractivity contribution is -0.137. The van der Waals surface area contributed by atoms with E-state index in [9.17, 15) is 18.0 Å². The minimum absolute atomic E-state index is 0.155. The maximum atomic E-state index is 13.3. The lowest BCUT2D eigenvalue weighted by Gasteiger charge is -2.37. The maximum absolute atomic E-state index is 13.3. The van der Waals surface area contributed by atoms with E-state index in [-0.39, 0.29) is 11.7 Å². The minimum atomic E-state index is -4.41. The van der Waals surface area contributed by atoms with Crippen molar-refractivity contribution in [2.45, 2.75) is 6.18 Å². The molecule has 150 valence electrons. The molecule has 1 aliphatic rings. The van der Waals surface area contributed by atoms with Crippen molar-refractivity contribution in [3.8, 4) is 0 Å². The summed E-state index contributed by atoms with van der Waals surface area (Å²) in [5.41, 5.74) is 0.993. The van der Waals surface area contributed by atoms with Gasteiger partial charge in [0, 0.05) is 49.1 Å². The molecule has 2 heterocycles. The quantitative estimate of drug-likeness (QED) is 0.684. The number of alkyl halides is 3. The Morgan fingerprint density at radius 2 is 1.72 bits per heavy atom. The predicted molar refractivity (Wildman–Crippen MR) is 106 cm³/mol. The van der Waals surface area contributed by atoms with Crippen LogP contribution in [0.1, 0.15) is 5.56 Å². The van der Waals surface area contributed by atoms with E-state index in [1.54, 1.807) is 28.1 Å². The largest absolute Gasteiger partial charge is 0.418 e. The van der Waals surface area contributed by atoms with Gasteiger partial charge in [0.25, 0.3) is 0 Å². The van der Waals surface area contributed by atoms with Crippen LogP contribution >= 0.6 is 0 Å². The number of amides is 2. The van der Waals surface area contributed by atoms with Gasteiger partial charge in [-0.25, -0.2) is 4.79 Å². The number of carbonyl (C=O) groups excluding carboxylic acids is 1. The molecular weight excluding hydrogens is 381 g/mol. The number of fused-ring (bicyclic) bond motifs is 1. The number of para-hydroxylation sites is 1. The molecule has 8 heteroatoms. The number of nitrogens with zero attached hydrogens (tertiary/aromatic N) is 3. The van der Waals surface area contributed by atoms with Crippen molar-refractivity contribution >= 4 is 28.3 Å². The summed E-state index contributed by atoms with van der Waals surface area (Å²) in [6.07, 6.45) is -2.70. The third-order valence-electron chi connectivity index (χ3n) is 4.97. The zero-order valence-electron chi connectivity index (χ0n) is 15.5. The second-order valence-electron chi connectivity index (χ2n) is 6.83. The maximum Gasteiger partial charge on any atom is 0.418 e. The van der Waals surface area contributed by atoms with Gasteiger partial charge >= 0.3 is 12.2 Å². The van der Waals surface area contributed by atoms with Crippen LogP contribution in [0.5, 0.6) is 0 Å². The Balaban J connectivity index is 1.41. The molecule has 0 unspecified atom stereocenters. The first-order chi connectivity index (χ1) is 13.9. The number of aromatic nitrogens is 1. The summed E-state index contributed by atoms with van der Waals surface area (Å²) < 4.78 is 39.8. The molecule has 1 aromatic heterocycles. The third kappa shape index (κ3) is 4.11. The molecule has 2 amide bonds. The first-order valence-electron chi connectivity index (χ1n) is 9.24. The SMILES string of the molecule is O=C(Nc1ccc2ncccc2c1)N1CCN(c2ccccc2C(F)(F)F)CC1. The zero-order valence-corrected chi connectivity index (χ0v) is 15.5. The van der Waals surface area contributed by atoms with Crippen LogP contribution in [0.15, 0.2) is 60.8 Å². The highest BCUT2D eigenvalue weighted by molar-refractivity contribution is 5.92. The smallest absolute Gasteiger partial charge is 0.367 e. The van der Waals surface area contributed by atoms with E-state index >= 15 is 0 Å². The highest BCUT2D eigenvalue weighted by atomic mass is 19.4. The average Bonchev–Trinajstić information content (AvgIpc) is 2.73. The van der Waals surface area contributed by atoms with E-state index in [0.717, 1.165) is 17.0 Å². The molecule has 0 bridgehead atoms. The Kier molecular flexibility index (Phi) is 5.00. The fourth-order valence-corrected chi connectivity index (χ4v) is 3.50. The number of piperazine rings is 1. The van der Waals surface area contributed by atoms with Gasteiger partial charge in [0.2, 0.25) is 0 Å². The standard InChI is InChI=1S/C21H19F3N4O/c22-21(23,24)17-5-1-2-6-19(17)27-10-12-28(13-11-27)20(29)26-16-7-8-18-15(14-16)4-3-9-25-18/h1-9,14H,10-13H2,(H,26,29). The lowest BCUT2D eigenvalue weighted by atomic mass is 10.1. The van der Waals surface area contributed by atoms with Gasteiger partial charge in [-0.3, -0.25) is 4.98 Å². The fourth-order valence-electron chi connectivity index (χ4n) is 3.50. The number of rotatable bonds is 2. The van der Waals surface area contributed by atoms with E-state index in [4.69, 9.17) is 0 Å². The summed E-state index contributed by atoms with van der Waals surface area (Å²) in [6, 6.07) is 14.5. The van der Waals surface area contributed by atoms with E-state index in [1.165, 1.54) is 12.1 Å². The summed E-state index contributed by atoms with van der Waals surface area (Å²) in [5.74, 6) is 0. The van der Waals surface area contributed by atoms with Crippen LogP contribution in [0, 0.1) is 0 Å². The Hall–Kier alpha value is -3.29. The number of benzene rings is 2. The molecule has 1 aliphatic heterocycles. The van der Waals surface area contributed by atoms with Gasteiger partial charge in [-0.2, -0.15) is 13.2 Å². The van der Waals surface area contributed by atoms with Crippen molar-refractivity contribution in [2.24, 2.45) is 0 Å². The summed E-state index contributed by atoms with van der Waals surface area (Å²) in [6.45, 7) is 1.35. The molecule has 1 N–H and O–H groups in total. The van der Waals surface area contributed by atoms with E-state index in [0.29, 0.717) is 31.9 Å². The molecular formula is C21H19F3N4O. The van der Waals surface area contributed by atoms with Crippen molar-refractivity contribution in [3.05, 3.63) is 66.4 Å². The summed E-state index contributed by atoms with van der Waals surface area (Å²) >= 11 is 0. The molecule has 29 heavy (non-hydrogen) atoms. The highest BCUT2D eigenvalue weighted by Gasteiger charge is 2.35. The van der Waals surface area contributed by atoms with Gasteiger partial charge in [0.05, 0.1) is 11.1 Å². The number of hydrogen-bond acceptors (Lipinski definition) is 3. The van der Waals surface area contributed by atoms with Crippen LogP contribution in [0.2, 0.25) is 0 Å². The predicted octanol–water partition coefficient (Wildman–Crippen LogP) is 4.61. The van der Waals surface area contributed by atoms with Gasteiger partial charge in [0.15, 0.2) is 0 Å². The fraction of sp³-hybridized carbons (Fsp3) is 0.238. The zero-order chi connectivity index (χ0) is 20.4. The van der Waals surface area contributed by atoms with Crippen molar-refractivity contribution in [2.75, 3.05) is 36.4 Å². The Morgan fingerprint density at radius 3 is 2.48 bits per heavy atom. The molecule has 0 radical (unpaired) electrons. The number of hydrogen-bond donors (Lipinski definition) is 1. The van der Waals surface area contributed by atoms with Crippen molar-refractivity contribution in [1.82, 2.24) is 9.88 Å². The molecule has 0 saturated carbocycles. The molecule has 1 fully saturated rings. The Labute approximate surface area is 165 Å². The number of carbonyl (C=O) groups is 1. The van der Waals surface area contributed by atoms with E-state index in [2.05, 4.69) is 10.3 Å². The second-order valence-corrected chi connectivity index (χ2v) is 6.83.